The molecule has 0 saturated carbocycles. The van der Waals surface area contributed by atoms with Gasteiger partial charge in [0.25, 0.3) is 0 Å². The molecule has 130 valence electrons. The molecule has 0 aliphatic heterocycles. The number of anilines is 1. The number of amides is 1. The van der Waals surface area contributed by atoms with Gasteiger partial charge < -0.3 is 0 Å². The van der Waals surface area contributed by atoms with Crippen LogP contribution in [0.5, 0.6) is 0 Å². The molecule has 0 radical (unpaired) electrons. The van der Waals surface area contributed by atoms with Crippen LogP contribution in [0.25, 0.3) is 10.2 Å². The smallest absolute Gasteiger partial charge is 0.234 e. The second-order valence-electron chi connectivity index (χ2n) is 5.99. The lowest BCUT2D eigenvalue weighted by Crippen LogP contribution is -2.27. The molecule has 0 N–H and O–H groups in total. The van der Waals surface area contributed by atoms with Crippen molar-refractivity contribution in [3.05, 3.63) is 76.2 Å². The molecule has 0 atom stereocenters. The van der Waals surface area contributed by atoms with Crippen LogP contribution in [0.4, 0.5) is 5.13 Å². The maximum absolute atomic E-state index is 12.6. The van der Waals surface area contributed by atoms with Gasteiger partial charge in [-0.2, -0.15) is 0 Å². The van der Waals surface area contributed by atoms with Gasteiger partial charge >= 0.3 is 0 Å². The van der Waals surface area contributed by atoms with Gasteiger partial charge in [-0.05, 0) is 17.7 Å². The highest BCUT2D eigenvalue weighted by Gasteiger charge is 2.17. The normalized spacial score (nSPS) is 11.0. The summed E-state index contributed by atoms with van der Waals surface area (Å²) in [7, 11) is 1.78. The molecular weight excluding hydrogens is 362 g/mol. The highest BCUT2D eigenvalue weighted by atomic mass is 32.1. The number of thiazole rings is 2. The van der Waals surface area contributed by atoms with Crippen molar-refractivity contribution in [1.29, 1.82) is 0 Å². The highest BCUT2D eigenvalue weighted by molar-refractivity contribution is 7.22. The number of hydrogen-bond acceptors (Lipinski definition) is 5. The Labute approximate surface area is 159 Å². The summed E-state index contributed by atoms with van der Waals surface area (Å²) in [5.74, 6) is 0.000572. The summed E-state index contributed by atoms with van der Waals surface area (Å²) in [6, 6.07) is 18.2. The van der Waals surface area contributed by atoms with Crippen LogP contribution in [0.2, 0.25) is 0 Å². The third kappa shape index (κ3) is 3.66. The minimum atomic E-state index is 0.000572. The van der Waals surface area contributed by atoms with E-state index in [-0.39, 0.29) is 12.3 Å². The number of carbonyl (C=O) groups excluding carboxylic acids is 1. The van der Waals surface area contributed by atoms with E-state index in [0.717, 1.165) is 32.5 Å². The maximum Gasteiger partial charge on any atom is 0.234 e. The summed E-state index contributed by atoms with van der Waals surface area (Å²) in [4.78, 5) is 23.4. The van der Waals surface area contributed by atoms with Crippen LogP contribution in [0, 0.1) is 0 Å². The Kier molecular flexibility index (Phi) is 4.77. The summed E-state index contributed by atoms with van der Waals surface area (Å²) < 4.78 is 1.08. The largest absolute Gasteiger partial charge is 0.291 e. The van der Waals surface area contributed by atoms with E-state index in [1.54, 1.807) is 23.3 Å². The van der Waals surface area contributed by atoms with Crippen LogP contribution in [0.3, 0.4) is 0 Å². The van der Waals surface area contributed by atoms with Crippen LogP contribution >= 0.6 is 22.7 Å². The first-order valence-electron chi connectivity index (χ1n) is 8.28. The van der Waals surface area contributed by atoms with Crippen molar-refractivity contribution in [3.63, 3.8) is 0 Å². The predicted octanol–water partition coefficient (Wildman–Crippen LogP) is 4.55. The minimum Gasteiger partial charge on any atom is -0.291 e. The number of carbonyl (C=O) groups is 1. The zero-order valence-electron chi connectivity index (χ0n) is 14.3. The average Bonchev–Trinajstić information content (AvgIpc) is 3.28. The SMILES string of the molecule is CN(C(=O)Cc1csc(Cc2ccccc2)n1)c1nc2ccccc2s1. The summed E-state index contributed by atoms with van der Waals surface area (Å²) in [5.41, 5.74) is 2.97. The molecule has 0 aliphatic carbocycles. The minimum absolute atomic E-state index is 0.000572. The Morgan fingerprint density at radius 2 is 1.81 bits per heavy atom. The third-order valence-corrected chi connectivity index (χ3v) is 6.08. The lowest BCUT2D eigenvalue weighted by atomic mass is 10.2. The second-order valence-corrected chi connectivity index (χ2v) is 7.94. The van der Waals surface area contributed by atoms with Crippen molar-refractivity contribution in [2.75, 3.05) is 11.9 Å². The van der Waals surface area contributed by atoms with Gasteiger partial charge in [-0.15, -0.1) is 11.3 Å². The van der Waals surface area contributed by atoms with Gasteiger partial charge in [-0.1, -0.05) is 53.8 Å². The van der Waals surface area contributed by atoms with Crippen molar-refractivity contribution in [1.82, 2.24) is 9.97 Å². The lowest BCUT2D eigenvalue weighted by molar-refractivity contribution is -0.117. The number of fused-ring (bicyclic) bond motifs is 1. The lowest BCUT2D eigenvalue weighted by Gasteiger charge is -2.12. The fourth-order valence-corrected chi connectivity index (χ4v) is 4.44. The fourth-order valence-electron chi connectivity index (χ4n) is 2.67. The molecule has 0 spiro atoms. The second kappa shape index (κ2) is 7.35. The summed E-state index contributed by atoms with van der Waals surface area (Å²) >= 11 is 3.13. The number of para-hydroxylation sites is 1. The zero-order valence-corrected chi connectivity index (χ0v) is 15.9. The molecule has 1 amide bonds. The number of rotatable bonds is 5. The Morgan fingerprint density at radius 1 is 1.04 bits per heavy atom. The van der Waals surface area contributed by atoms with Gasteiger partial charge in [0, 0.05) is 18.8 Å². The molecule has 4 aromatic rings. The average molecular weight is 380 g/mol. The molecule has 0 fully saturated rings. The Balaban J connectivity index is 1.44. The summed E-state index contributed by atoms with van der Waals surface area (Å²) in [5, 5.41) is 3.72. The number of hydrogen-bond donors (Lipinski definition) is 0. The number of likely N-dealkylation sites (N-methyl/N-ethyl adjacent to an activating group) is 1. The van der Waals surface area contributed by atoms with Crippen molar-refractivity contribution >= 4 is 43.9 Å². The van der Waals surface area contributed by atoms with E-state index in [0.29, 0.717) is 0 Å². The van der Waals surface area contributed by atoms with Gasteiger partial charge in [-0.25, -0.2) is 9.97 Å². The molecular formula is C20H17N3OS2. The first-order chi connectivity index (χ1) is 12.7. The predicted molar refractivity (Wildman–Crippen MR) is 108 cm³/mol. The van der Waals surface area contributed by atoms with Gasteiger partial charge in [0.05, 0.1) is 27.3 Å². The molecule has 0 unspecified atom stereocenters. The van der Waals surface area contributed by atoms with E-state index in [4.69, 9.17) is 0 Å². The molecule has 0 bridgehead atoms. The molecule has 26 heavy (non-hydrogen) atoms. The van der Waals surface area contributed by atoms with Crippen LogP contribution in [0.1, 0.15) is 16.3 Å². The van der Waals surface area contributed by atoms with E-state index >= 15 is 0 Å². The van der Waals surface area contributed by atoms with Crippen molar-refractivity contribution in [2.24, 2.45) is 0 Å². The molecule has 0 aliphatic rings. The van der Waals surface area contributed by atoms with Gasteiger partial charge in [0.1, 0.15) is 0 Å². The summed E-state index contributed by atoms with van der Waals surface area (Å²) in [6.45, 7) is 0. The molecule has 4 rings (SSSR count). The quantitative estimate of drug-likeness (QED) is 0.511. The fraction of sp³-hybridized carbons (Fsp3) is 0.150. The van der Waals surface area contributed by atoms with Crippen LogP contribution < -0.4 is 4.90 Å². The van der Waals surface area contributed by atoms with Crippen molar-refractivity contribution in [2.45, 2.75) is 12.8 Å². The van der Waals surface area contributed by atoms with Crippen molar-refractivity contribution in [3.8, 4) is 0 Å². The van der Waals surface area contributed by atoms with Gasteiger partial charge in [-0.3, -0.25) is 9.69 Å². The van der Waals surface area contributed by atoms with Crippen molar-refractivity contribution < 1.29 is 4.79 Å². The molecule has 2 aromatic heterocycles. The molecule has 0 saturated heterocycles. The van der Waals surface area contributed by atoms with E-state index in [9.17, 15) is 4.79 Å². The Morgan fingerprint density at radius 3 is 2.62 bits per heavy atom. The molecule has 6 heteroatoms. The first kappa shape index (κ1) is 16.9. The topological polar surface area (TPSA) is 46.1 Å². The molecule has 2 aromatic carbocycles. The molecule has 2 heterocycles. The first-order valence-corrected chi connectivity index (χ1v) is 9.98. The van der Waals surface area contributed by atoms with Gasteiger partial charge in [0.2, 0.25) is 5.91 Å². The van der Waals surface area contributed by atoms with E-state index in [1.807, 2.05) is 47.8 Å². The maximum atomic E-state index is 12.6. The van der Waals surface area contributed by atoms with Gasteiger partial charge in [0.15, 0.2) is 5.13 Å². The monoisotopic (exact) mass is 379 g/mol. The standard InChI is InChI=1S/C20H17N3OS2/c1-23(20-22-16-9-5-6-10-17(16)26-20)19(24)12-15-13-25-18(21-15)11-14-7-3-2-4-8-14/h2-10,13H,11-12H2,1H3. The van der Waals surface area contributed by atoms with E-state index < -0.39 is 0 Å². The number of nitrogens with zero attached hydrogens (tertiary/aromatic N) is 3. The van der Waals surface area contributed by atoms with E-state index in [1.165, 1.54) is 16.9 Å². The third-order valence-electron chi connectivity index (χ3n) is 4.07. The number of aromatic nitrogens is 2. The highest BCUT2D eigenvalue weighted by Crippen LogP contribution is 2.28. The van der Waals surface area contributed by atoms with Crippen LogP contribution in [-0.4, -0.2) is 22.9 Å². The zero-order chi connectivity index (χ0) is 17.9. The number of benzene rings is 2. The Bertz CT molecular complexity index is 1010. The van der Waals surface area contributed by atoms with Crippen LogP contribution in [-0.2, 0) is 17.6 Å². The molecule has 4 nitrogen and oxygen atoms in total. The van der Waals surface area contributed by atoms with E-state index in [2.05, 4.69) is 22.1 Å². The van der Waals surface area contributed by atoms with Crippen LogP contribution in [0.15, 0.2) is 60.0 Å². The summed E-state index contributed by atoms with van der Waals surface area (Å²) in [6.07, 6.45) is 1.09. The Hall–Kier alpha value is -2.57.